The standard InChI is InChI=1S/C27H25N7O/c1-15-11-16(2)28-27-25(15)29-18(4)34(27)13-19-9-10-22-23(12-19)35-14-20-7-5-6-8-21(20)24(22)17(3)26-30-32-33-31-26/h5-12H,13-14H2,1-4H3,(H,30,31,32,33). The first-order valence-corrected chi connectivity index (χ1v) is 11.6. The maximum atomic E-state index is 6.35. The third kappa shape index (κ3) is 3.58. The summed E-state index contributed by atoms with van der Waals surface area (Å²) < 4.78 is 8.52. The predicted molar refractivity (Wildman–Crippen MR) is 134 cm³/mol. The lowest BCUT2D eigenvalue weighted by Crippen LogP contribution is -2.04. The van der Waals surface area contributed by atoms with Crippen LogP contribution in [0.2, 0.25) is 0 Å². The summed E-state index contributed by atoms with van der Waals surface area (Å²) >= 11 is 0. The molecular weight excluding hydrogens is 438 g/mol. The minimum atomic E-state index is 0.491. The zero-order chi connectivity index (χ0) is 24.1. The number of imidazole rings is 1. The van der Waals surface area contributed by atoms with E-state index in [9.17, 15) is 0 Å². The van der Waals surface area contributed by atoms with Crippen LogP contribution in [0.15, 0.2) is 48.5 Å². The second-order valence-electron chi connectivity index (χ2n) is 9.02. The molecule has 6 rings (SSSR count). The summed E-state index contributed by atoms with van der Waals surface area (Å²) in [5, 5.41) is 14.6. The molecule has 0 spiro atoms. The minimum Gasteiger partial charge on any atom is -0.488 e. The van der Waals surface area contributed by atoms with Crippen molar-refractivity contribution in [2.45, 2.75) is 40.8 Å². The molecule has 1 N–H and O–H groups in total. The number of hydrogen-bond donors (Lipinski definition) is 1. The van der Waals surface area contributed by atoms with Gasteiger partial charge in [0, 0.05) is 16.8 Å². The topological polar surface area (TPSA) is 94.4 Å². The van der Waals surface area contributed by atoms with Gasteiger partial charge in [0.25, 0.3) is 0 Å². The molecule has 1 aliphatic rings. The second kappa shape index (κ2) is 8.16. The van der Waals surface area contributed by atoms with Gasteiger partial charge in [-0.1, -0.05) is 36.4 Å². The molecule has 0 radical (unpaired) electrons. The number of pyridine rings is 1. The molecule has 0 aliphatic carbocycles. The summed E-state index contributed by atoms with van der Waals surface area (Å²) in [5.74, 6) is 2.42. The van der Waals surface area contributed by atoms with Crippen LogP contribution in [-0.2, 0) is 13.2 Å². The highest BCUT2D eigenvalue weighted by atomic mass is 16.5. The Kier molecular flexibility index (Phi) is 4.95. The van der Waals surface area contributed by atoms with Crippen LogP contribution in [0.4, 0.5) is 0 Å². The SMILES string of the molecule is CC(=C1c2ccccc2COc2cc(Cn3c(C)nc4c(C)cc(C)nc43)ccc21)c1nnn[nH]1. The lowest BCUT2D eigenvalue weighted by atomic mass is 9.90. The number of nitrogens with one attached hydrogen (secondary N) is 1. The third-order valence-electron chi connectivity index (χ3n) is 6.61. The minimum absolute atomic E-state index is 0.491. The van der Waals surface area contributed by atoms with Gasteiger partial charge in [0.05, 0.1) is 6.54 Å². The Morgan fingerprint density at radius 2 is 1.89 bits per heavy atom. The predicted octanol–water partition coefficient (Wildman–Crippen LogP) is 4.79. The Hall–Kier alpha value is -4.33. The highest BCUT2D eigenvalue weighted by Gasteiger charge is 2.23. The monoisotopic (exact) mass is 463 g/mol. The molecule has 0 saturated heterocycles. The van der Waals surface area contributed by atoms with Gasteiger partial charge in [0.1, 0.15) is 23.7 Å². The molecule has 0 unspecified atom stereocenters. The van der Waals surface area contributed by atoms with Gasteiger partial charge in [-0.3, -0.25) is 0 Å². The second-order valence-corrected chi connectivity index (χ2v) is 9.02. The van der Waals surface area contributed by atoms with E-state index in [1.54, 1.807) is 0 Å². The number of aryl methyl sites for hydroxylation is 3. The first-order valence-electron chi connectivity index (χ1n) is 11.6. The number of benzene rings is 2. The Morgan fingerprint density at radius 1 is 1.03 bits per heavy atom. The van der Waals surface area contributed by atoms with Gasteiger partial charge in [0.15, 0.2) is 11.5 Å². The van der Waals surface area contributed by atoms with Crippen molar-refractivity contribution in [3.8, 4) is 5.75 Å². The Morgan fingerprint density at radius 3 is 2.71 bits per heavy atom. The summed E-state index contributed by atoms with van der Waals surface area (Å²) in [7, 11) is 0. The fraction of sp³-hybridized carbons (Fsp3) is 0.222. The summed E-state index contributed by atoms with van der Waals surface area (Å²) in [4.78, 5) is 9.57. The van der Waals surface area contributed by atoms with E-state index in [1.807, 2.05) is 32.9 Å². The number of aromatic nitrogens is 7. The van der Waals surface area contributed by atoms with Gasteiger partial charge in [-0.15, -0.1) is 5.10 Å². The first kappa shape index (κ1) is 21.2. The van der Waals surface area contributed by atoms with Crippen molar-refractivity contribution in [2.24, 2.45) is 0 Å². The van der Waals surface area contributed by atoms with Crippen LogP contribution in [0.3, 0.4) is 0 Å². The molecule has 0 saturated carbocycles. The number of fused-ring (bicyclic) bond motifs is 3. The van der Waals surface area contributed by atoms with Gasteiger partial charge < -0.3 is 9.30 Å². The maximum Gasteiger partial charge on any atom is 0.175 e. The average molecular weight is 464 g/mol. The van der Waals surface area contributed by atoms with Crippen molar-refractivity contribution in [1.29, 1.82) is 0 Å². The number of H-pyrrole nitrogens is 1. The van der Waals surface area contributed by atoms with Crippen molar-refractivity contribution >= 4 is 22.3 Å². The molecule has 174 valence electrons. The molecule has 3 aromatic heterocycles. The van der Waals surface area contributed by atoms with Crippen molar-refractivity contribution < 1.29 is 4.74 Å². The van der Waals surface area contributed by atoms with E-state index in [4.69, 9.17) is 14.7 Å². The highest BCUT2D eigenvalue weighted by Crippen LogP contribution is 2.41. The number of allylic oxidation sites excluding steroid dienone is 1. The van der Waals surface area contributed by atoms with E-state index in [-0.39, 0.29) is 0 Å². The Balaban J connectivity index is 1.48. The number of tetrazole rings is 1. The molecule has 4 heterocycles. The van der Waals surface area contributed by atoms with E-state index in [1.165, 1.54) is 0 Å². The fourth-order valence-corrected chi connectivity index (χ4v) is 4.91. The normalized spacial score (nSPS) is 14.3. The summed E-state index contributed by atoms with van der Waals surface area (Å²) in [6, 6.07) is 16.8. The number of hydrogen-bond acceptors (Lipinski definition) is 6. The lowest BCUT2D eigenvalue weighted by molar-refractivity contribution is 0.307. The molecule has 0 fully saturated rings. The zero-order valence-electron chi connectivity index (χ0n) is 20.1. The van der Waals surface area contributed by atoms with Crippen molar-refractivity contribution in [2.75, 3.05) is 0 Å². The van der Waals surface area contributed by atoms with Crippen LogP contribution >= 0.6 is 0 Å². The van der Waals surface area contributed by atoms with Crippen LogP contribution in [0, 0.1) is 20.8 Å². The van der Waals surface area contributed by atoms with Crippen molar-refractivity contribution in [3.05, 3.63) is 93.7 Å². The van der Waals surface area contributed by atoms with Crippen LogP contribution in [-0.4, -0.2) is 35.2 Å². The molecule has 8 heteroatoms. The van der Waals surface area contributed by atoms with E-state index >= 15 is 0 Å². The van der Waals surface area contributed by atoms with E-state index in [0.29, 0.717) is 19.0 Å². The number of nitrogens with zero attached hydrogens (tertiary/aromatic N) is 6. The quantitative estimate of drug-likeness (QED) is 0.413. The van der Waals surface area contributed by atoms with E-state index < -0.39 is 0 Å². The molecule has 5 aromatic rings. The molecule has 0 bridgehead atoms. The fourth-order valence-electron chi connectivity index (χ4n) is 4.91. The highest BCUT2D eigenvalue weighted by molar-refractivity contribution is 5.99. The van der Waals surface area contributed by atoms with Gasteiger partial charge in [-0.2, -0.15) is 0 Å². The Bertz CT molecular complexity index is 1610. The molecule has 8 nitrogen and oxygen atoms in total. The van der Waals surface area contributed by atoms with Gasteiger partial charge in [-0.25, -0.2) is 15.1 Å². The summed E-state index contributed by atoms with van der Waals surface area (Å²) in [6.07, 6.45) is 0. The molecule has 2 aromatic carbocycles. The first-order chi connectivity index (χ1) is 17.0. The van der Waals surface area contributed by atoms with E-state index in [2.05, 4.69) is 68.5 Å². The molecule has 0 amide bonds. The smallest absolute Gasteiger partial charge is 0.175 e. The van der Waals surface area contributed by atoms with Crippen molar-refractivity contribution in [1.82, 2.24) is 35.2 Å². The lowest BCUT2D eigenvalue weighted by Gasteiger charge is -2.15. The largest absolute Gasteiger partial charge is 0.488 e. The van der Waals surface area contributed by atoms with Gasteiger partial charge in [0.2, 0.25) is 0 Å². The Labute approximate surface area is 202 Å². The van der Waals surface area contributed by atoms with Gasteiger partial charge in [-0.05, 0) is 78.1 Å². The van der Waals surface area contributed by atoms with Gasteiger partial charge >= 0.3 is 0 Å². The molecular formula is C27H25N7O. The van der Waals surface area contributed by atoms with Crippen LogP contribution < -0.4 is 4.74 Å². The third-order valence-corrected chi connectivity index (χ3v) is 6.61. The molecule has 1 aliphatic heterocycles. The van der Waals surface area contributed by atoms with Crippen LogP contribution in [0.1, 0.15) is 52.1 Å². The van der Waals surface area contributed by atoms with Crippen molar-refractivity contribution in [3.63, 3.8) is 0 Å². The maximum absolute atomic E-state index is 6.35. The number of ether oxygens (including phenoxy) is 1. The van der Waals surface area contributed by atoms with E-state index in [0.717, 1.165) is 67.4 Å². The summed E-state index contributed by atoms with van der Waals surface area (Å²) in [6.45, 7) is 9.32. The van der Waals surface area contributed by atoms with Crippen LogP contribution in [0.25, 0.3) is 22.3 Å². The summed E-state index contributed by atoms with van der Waals surface area (Å²) in [5.41, 5.74) is 10.4. The van der Waals surface area contributed by atoms with Crippen LogP contribution in [0.5, 0.6) is 5.75 Å². The number of rotatable bonds is 3. The number of aromatic amines is 1. The zero-order valence-corrected chi connectivity index (χ0v) is 20.1. The molecule has 35 heavy (non-hydrogen) atoms. The average Bonchev–Trinajstić information content (AvgIpc) is 3.45. The molecule has 0 atom stereocenters.